The fourth-order valence-electron chi connectivity index (χ4n) is 3.62. The summed E-state index contributed by atoms with van der Waals surface area (Å²) in [4.78, 5) is 20.3. The van der Waals surface area contributed by atoms with E-state index < -0.39 is 0 Å². The Bertz CT molecular complexity index is 1360. The summed E-state index contributed by atoms with van der Waals surface area (Å²) in [6, 6.07) is 17.2. The standard InChI is InChI=1S/C28H25BrClFN2O3S/c1-17(2)15-33-27(34)25(37-28(33)32-21-10-8-20(30)9-11-21)14-18-12-22(29)26(24(13-18)35-3)36-16-19-6-4-5-7-23(19)31/h4-14,17H,15-16H2,1-3H3/b25-14-,32-28?. The largest absolute Gasteiger partial charge is 0.493 e. The first-order valence-electron chi connectivity index (χ1n) is 11.5. The lowest BCUT2D eigenvalue weighted by atomic mass is 10.1. The highest BCUT2D eigenvalue weighted by Crippen LogP contribution is 2.40. The summed E-state index contributed by atoms with van der Waals surface area (Å²) in [5.74, 6) is 0.727. The molecule has 0 aliphatic carbocycles. The molecular formula is C28H25BrClFN2O3S. The van der Waals surface area contributed by atoms with Crippen LogP contribution in [-0.2, 0) is 11.4 Å². The molecule has 4 rings (SSSR count). The Labute approximate surface area is 233 Å². The molecule has 0 atom stereocenters. The summed E-state index contributed by atoms with van der Waals surface area (Å²) in [6.07, 6.45) is 1.80. The maximum absolute atomic E-state index is 14.0. The monoisotopic (exact) mass is 602 g/mol. The zero-order chi connectivity index (χ0) is 26.5. The van der Waals surface area contributed by atoms with Crippen molar-refractivity contribution in [3.8, 4) is 11.5 Å². The second kappa shape index (κ2) is 12.2. The summed E-state index contributed by atoms with van der Waals surface area (Å²) >= 11 is 10.9. The molecule has 0 saturated carbocycles. The highest BCUT2D eigenvalue weighted by atomic mass is 79.9. The molecule has 192 valence electrons. The molecule has 1 fully saturated rings. The van der Waals surface area contributed by atoms with Crippen LogP contribution in [0.2, 0.25) is 5.02 Å². The van der Waals surface area contributed by atoms with E-state index in [1.807, 2.05) is 18.2 Å². The zero-order valence-corrected chi connectivity index (χ0v) is 23.7. The zero-order valence-electron chi connectivity index (χ0n) is 20.5. The molecule has 0 radical (unpaired) electrons. The van der Waals surface area contributed by atoms with Gasteiger partial charge in [0.2, 0.25) is 0 Å². The maximum atomic E-state index is 14.0. The average Bonchev–Trinajstić information content (AvgIpc) is 3.13. The van der Waals surface area contributed by atoms with E-state index in [1.165, 1.54) is 24.9 Å². The van der Waals surface area contributed by atoms with Gasteiger partial charge >= 0.3 is 0 Å². The van der Waals surface area contributed by atoms with Gasteiger partial charge in [-0.3, -0.25) is 9.69 Å². The quantitative estimate of drug-likeness (QED) is 0.244. The molecule has 0 unspecified atom stereocenters. The molecular weight excluding hydrogens is 579 g/mol. The molecule has 1 heterocycles. The van der Waals surface area contributed by atoms with Gasteiger partial charge in [0.1, 0.15) is 12.4 Å². The van der Waals surface area contributed by atoms with Crippen LogP contribution in [0.3, 0.4) is 0 Å². The van der Waals surface area contributed by atoms with E-state index >= 15 is 0 Å². The van der Waals surface area contributed by atoms with Crippen LogP contribution in [0, 0.1) is 11.7 Å². The molecule has 3 aromatic rings. The van der Waals surface area contributed by atoms with Crippen LogP contribution in [-0.4, -0.2) is 29.6 Å². The van der Waals surface area contributed by atoms with Crippen molar-refractivity contribution in [1.29, 1.82) is 0 Å². The summed E-state index contributed by atoms with van der Waals surface area (Å²) in [5, 5.41) is 1.24. The van der Waals surface area contributed by atoms with Crippen LogP contribution < -0.4 is 9.47 Å². The minimum absolute atomic E-state index is 0.0467. The van der Waals surface area contributed by atoms with Gasteiger partial charge in [-0.25, -0.2) is 9.38 Å². The Morgan fingerprint density at radius 1 is 1.16 bits per heavy atom. The predicted octanol–water partition coefficient (Wildman–Crippen LogP) is 8.09. The minimum Gasteiger partial charge on any atom is -0.493 e. The molecule has 0 N–H and O–H groups in total. The number of hydrogen-bond acceptors (Lipinski definition) is 5. The highest BCUT2D eigenvalue weighted by molar-refractivity contribution is 9.10. The van der Waals surface area contributed by atoms with Gasteiger partial charge in [-0.05, 0) is 87.7 Å². The summed E-state index contributed by atoms with van der Waals surface area (Å²) in [5.41, 5.74) is 1.90. The van der Waals surface area contributed by atoms with E-state index in [2.05, 4.69) is 29.8 Å². The molecule has 1 aliphatic rings. The Balaban J connectivity index is 1.62. The fourth-order valence-corrected chi connectivity index (χ4v) is 5.33. The Kier molecular flexibility index (Phi) is 8.95. The molecule has 9 heteroatoms. The van der Waals surface area contributed by atoms with Crippen molar-refractivity contribution >= 4 is 62.1 Å². The molecule has 0 aromatic heterocycles. The van der Waals surface area contributed by atoms with Crippen LogP contribution in [0.15, 0.2) is 75.0 Å². The second-order valence-corrected chi connectivity index (χ2v) is 11.0. The topological polar surface area (TPSA) is 51.1 Å². The van der Waals surface area contributed by atoms with Crippen molar-refractivity contribution in [3.63, 3.8) is 0 Å². The number of methoxy groups -OCH3 is 1. The van der Waals surface area contributed by atoms with E-state index in [0.717, 1.165) is 11.3 Å². The van der Waals surface area contributed by atoms with Crippen LogP contribution in [0.25, 0.3) is 6.08 Å². The van der Waals surface area contributed by atoms with Crippen molar-refractivity contribution in [2.75, 3.05) is 13.7 Å². The van der Waals surface area contributed by atoms with Crippen molar-refractivity contribution < 1.29 is 18.7 Å². The van der Waals surface area contributed by atoms with E-state index in [-0.39, 0.29) is 24.2 Å². The lowest BCUT2D eigenvalue weighted by molar-refractivity contribution is -0.122. The van der Waals surface area contributed by atoms with E-state index in [1.54, 1.807) is 47.4 Å². The maximum Gasteiger partial charge on any atom is 0.266 e. The number of rotatable bonds is 8. The number of hydrogen-bond donors (Lipinski definition) is 0. The molecule has 5 nitrogen and oxygen atoms in total. The van der Waals surface area contributed by atoms with Gasteiger partial charge in [0, 0.05) is 17.1 Å². The summed E-state index contributed by atoms with van der Waals surface area (Å²) in [7, 11) is 1.53. The van der Waals surface area contributed by atoms with Gasteiger partial charge in [-0.15, -0.1) is 0 Å². The van der Waals surface area contributed by atoms with E-state index in [9.17, 15) is 9.18 Å². The minimum atomic E-state index is -0.335. The van der Waals surface area contributed by atoms with E-state index in [4.69, 9.17) is 26.1 Å². The first kappa shape index (κ1) is 27.2. The highest BCUT2D eigenvalue weighted by Gasteiger charge is 2.34. The molecule has 0 bridgehead atoms. The van der Waals surface area contributed by atoms with Crippen LogP contribution >= 0.6 is 39.3 Å². The van der Waals surface area contributed by atoms with Crippen LogP contribution in [0.1, 0.15) is 25.0 Å². The van der Waals surface area contributed by atoms with Gasteiger partial charge in [-0.2, -0.15) is 0 Å². The first-order chi connectivity index (χ1) is 17.7. The molecule has 0 spiro atoms. The van der Waals surface area contributed by atoms with Crippen molar-refractivity contribution in [2.24, 2.45) is 10.9 Å². The summed E-state index contributed by atoms with van der Waals surface area (Å²) < 4.78 is 26.1. The number of thioether (sulfide) groups is 1. The Hall–Kier alpha value is -2.81. The van der Waals surface area contributed by atoms with Gasteiger partial charge in [-0.1, -0.05) is 43.6 Å². The lowest BCUT2D eigenvalue weighted by Gasteiger charge is -2.17. The number of ether oxygens (including phenoxy) is 2. The molecule has 1 aliphatic heterocycles. The van der Waals surface area contributed by atoms with Crippen molar-refractivity contribution in [3.05, 3.63) is 92.0 Å². The fraction of sp³-hybridized carbons (Fsp3) is 0.214. The van der Waals surface area contributed by atoms with Gasteiger partial charge in [0.05, 0.1) is 22.2 Å². The molecule has 37 heavy (non-hydrogen) atoms. The molecule has 1 amide bonds. The second-order valence-electron chi connectivity index (χ2n) is 8.71. The number of amides is 1. The number of aliphatic imine (C=N–C) groups is 1. The number of benzene rings is 3. The third-order valence-electron chi connectivity index (χ3n) is 5.37. The first-order valence-corrected chi connectivity index (χ1v) is 13.5. The SMILES string of the molecule is COc1cc(/C=C2\SC(=Nc3ccc(Cl)cc3)N(CC(C)C)C2=O)cc(Br)c1OCc1ccccc1F. The van der Waals surface area contributed by atoms with Crippen LogP contribution in [0.4, 0.5) is 10.1 Å². The van der Waals surface area contributed by atoms with Gasteiger partial charge in [0.25, 0.3) is 5.91 Å². The third-order valence-corrected chi connectivity index (χ3v) is 7.21. The summed E-state index contributed by atoms with van der Waals surface area (Å²) in [6.45, 7) is 4.71. The van der Waals surface area contributed by atoms with Crippen molar-refractivity contribution in [1.82, 2.24) is 4.90 Å². The van der Waals surface area contributed by atoms with Gasteiger partial charge in [0.15, 0.2) is 16.7 Å². The Morgan fingerprint density at radius 3 is 2.57 bits per heavy atom. The van der Waals surface area contributed by atoms with Crippen molar-refractivity contribution in [2.45, 2.75) is 20.5 Å². The normalized spacial score (nSPS) is 15.8. The molecule has 3 aromatic carbocycles. The number of carbonyl (C=O) groups excluding carboxylic acids is 1. The number of nitrogens with zero attached hydrogens (tertiary/aromatic N) is 2. The number of carbonyl (C=O) groups is 1. The molecule has 1 saturated heterocycles. The van der Waals surface area contributed by atoms with Crippen LogP contribution in [0.5, 0.6) is 11.5 Å². The lowest BCUT2D eigenvalue weighted by Crippen LogP contribution is -2.32. The number of halogens is 3. The van der Waals surface area contributed by atoms with Gasteiger partial charge < -0.3 is 9.47 Å². The smallest absolute Gasteiger partial charge is 0.266 e. The average molecular weight is 604 g/mol. The van der Waals surface area contributed by atoms with E-state index in [0.29, 0.717) is 43.2 Å². The Morgan fingerprint density at radius 2 is 1.89 bits per heavy atom. The predicted molar refractivity (Wildman–Crippen MR) is 152 cm³/mol. The number of amidine groups is 1. The third kappa shape index (κ3) is 6.74.